The molecule has 26 heavy (non-hydrogen) atoms. The first-order valence-corrected chi connectivity index (χ1v) is 8.47. The van der Waals surface area contributed by atoms with Crippen LogP contribution in [0.4, 0.5) is 5.69 Å². The number of anilines is 1. The van der Waals surface area contributed by atoms with Crippen LogP contribution in [0.25, 0.3) is 0 Å². The van der Waals surface area contributed by atoms with E-state index in [1.807, 2.05) is 50.2 Å². The first-order valence-electron chi connectivity index (χ1n) is 8.47. The van der Waals surface area contributed by atoms with Crippen molar-refractivity contribution in [2.75, 3.05) is 18.5 Å². The zero-order valence-electron chi connectivity index (χ0n) is 15.2. The van der Waals surface area contributed by atoms with Gasteiger partial charge in [-0.1, -0.05) is 24.3 Å². The third kappa shape index (κ3) is 7.54. The van der Waals surface area contributed by atoms with Gasteiger partial charge in [-0.2, -0.15) is 0 Å². The van der Waals surface area contributed by atoms with E-state index in [1.54, 1.807) is 12.1 Å². The second-order valence-electron chi connectivity index (χ2n) is 6.03. The highest BCUT2D eigenvalue weighted by Gasteiger charge is 2.06. The Kier molecular flexibility index (Phi) is 9.91. The Labute approximate surface area is 161 Å². The van der Waals surface area contributed by atoms with E-state index in [2.05, 4.69) is 5.32 Å². The van der Waals surface area contributed by atoms with Crippen molar-refractivity contribution in [2.45, 2.75) is 33.1 Å². The largest absolute Gasteiger partial charge is 0.376 e. The molecule has 0 saturated carbocycles. The number of nitrogens with one attached hydrogen (secondary N) is 1. The Bertz CT molecular complexity index is 675. The summed E-state index contributed by atoms with van der Waals surface area (Å²) in [4.78, 5) is 12.3. The number of carbonyl (C=O) groups excluding carboxylic acids is 1. The highest BCUT2D eigenvalue weighted by molar-refractivity contribution is 6.04. The molecule has 0 saturated heterocycles. The van der Waals surface area contributed by atoms with E-state index in [9.17, 15) is 4.79 Å². The Morgan fingerprint density at radius 3 is 2.46 bits per heavy atom. The lowest BCUT2D eigenvalue weighted by molar-refractivity contribution is 0.0143. The number of benzene rings is 2. The fourth-order valence-electron chi connectivity index (χ4n) is 2.27. The lowest BCUT2D eigenvalue weighted by Crippen LogP contribution is -2.12. The van der Waals surface area contributed by atoms with Crippen LogP contribution in [0.2, 0.25) is 0 Å². The summed E-state index contributed by atoms with van der Waals surface area (Å²) in [5.74, 6) is -0.146. The van der Waals surface area contributed by atoms with Crippen LogP contribution < -0.4 is 11.1 Å². The molecule has 2 rings (SSSR count). The Morgan fingerprint density at radius 2 is 1.81 bits per heavy atom. The molecular weight excluding hydrogens is 352 g/mol. The van der Waals surface area contributed by atoms with Gasteiger partial charge in [0.05, 0.1) is 25.9 Å². The fourth-order valence-corrected chi connectivity index (χ4v) is 2.27. The van der Waals surface area contributed by atoms with Crippen LogP contribution in [0.5, 0.6) is 0 Å². The third-order valence-electron chi connectivity index (χ3n) is 3.58. The predicted octanol–water partition coefficient (Wildman–Crippen LogP) is 3.76. The van der Waals surface area contributed by atoms with Crippen LogP contribution in [0.1, 0.15) is 35.3 Å². The number of rotatable bonds is 9. The monoisotopic (exact) mass is 378 g/mol. The summed E-state index contributed by atoms with van der Waals surface area (Å²) in [7, 11) is 0. The van der Waals surface area contributed by atoms with Crippen molar-refractivity contribution >= 4 is 24.0 Å². The first kappa shape index (κ1) is 22.1. The summed E-state index contributed by atoms with van der Waals surface area (Å²) < 4.78 is 11.0. The number of halogens is 1. The van der Waals surface area contributed by atoms with Gasteiger partial charge in [0, 0.05) is 17.8 Å². The number of amides is 1. The highest BCUT2D eigenvalue weighted by Crippen LogP contribution is 2.14. The van der Waals surface area contributed by atoms with Crippen molar-refractivity contribution < 1.29 is 14.3 Å². The molecule has 0 aliphatic rings. The highest BCUT2D eigenvalue weighted by atomic mass is 35.5. The maximum atomic E-state index is 12.3. The number of hydrogen-bond donors (Lipinski definition) is 2. The quantitative estimate of drug-likeness (QED) is 0.651. The molecule has 0 unspecified atom stereocenters. The lowest BCUT2D eigenvalue weighted by Gasteiger charge is -2.10. The van der Waals surface area contributed by atoms with Crippen molar-refractivity contribution in [3.63, 3.8) is 0 Å². The number of hydrogen-bond acceptors (Lipinski definition) is 4. The predicted molar refractivity (Wildman–Crippen MR) is 107 cm³/mol. The molecule has 0 aliphatic heterocycles. The second-order valence-corrected chi connectivity index (χ2v) is 6.03. The SMILES string of the molecule is CC(C)OCCOCc1cccc(NC(=O)c2ccc(CN)cc2)c1.Cl. The van der Waals surface area contributed by atoms with Crippen molar-refractivity contribution in [1.82, 2.24) is 0 Å². The Morgan fingerprint density at radius 1 is 1.08 bits per heavy atom. The van der Waals surface area contributed by atoms with Crippen molar-refractivity contribution in [3.05, 3.63) is 65.2 Å². The van der Waals surface area contributed by atoms with Gasteiger partial charge in [-0.15, -0.1) is 12.4 Å². The van der Waals surface area contributed by atoms with E-state index in [1.165, 1.54) is 0 Å². The van der Waals surface area contributed by atoms with E-state index in [0.717, 1.165) is 16.8 Å². The van der Waals surface area contributed by atoms with Gasteiger partial charge in [0.2, 0.25) is 0 Å². The van der Waals surface area contributed by atoms with Gasteiger partial charge in [0.25, 0.3) is 5.91 Å². The Balaban J connectivity index is 0.00000338. The molecule has 3 N–H and O–H groups in total. The van der Waals surface area contributed by atoms with E-state index in [0.29, 0.717) is 31.9 Å². The van der Waals surface area contributed by atoms with Gasteiger partial charge in [-0.3, -0.25) is 4.79 Å². The molecule has 0 radical (unpaired) electrons. The van der Waals surface area contributed by atoms with Crippen LogP contribution >= 0.6 is 12.4 Å². The second kappa shape index (κ2) is 11.6. The summed E-state index contributed by atoms with van der Waals surface area (Å²) >= 11 is 0. The molecule has 0 aromatic heterocycles. The van der Waals surface area contributed by atoms with E-state index < -0.39 is 0 Å². The third-order valence-corrected chi connectivity index (χ3v) is 3.58. The van der Waals surface area contributed by atoms with Gasteiger partial charge in [0.15, 0.2) is 0 Å². The maximum Gasteiger partial charge on any atom is 0.255 e. The molecule has 0 aliphatic carbocycles. The van der Waals surface area contributed by atoms with Gasteiger partial charge in [0.1, 0.15) is 0 Å². The minimum atomic E-state index is -0.146. The maximum absolute atomic E-state index is 12.3. The molecule has 6 heteroatoms. The zero-order valence-corrected chi connectivity index (χ0v) is 16.1. The lowest BCUT2D eigenvalue weighted by atomic mass is 10.1. The molecule has 142 valence electrons. The number of nitrogens with two attached hydrogens (primary N) is 1. The van der Waals surface area contributed by atoms with Crippen LogP contribution in [0, 0.1) is 0 Å². The molecule has 1 amide bonds. The molecule has 0 heterocycles. The molecule has 0 spiro atoms. The molecule has 0 bridgehead atoms. The van der Waals surface area contributed by atoms with Crippen molar-refractivity contribution in [1.29, 1.82) is 0 Å². The van der Waals surface area contributed by atoms with Gasteiger partial charge < -0.3 is 20.5 Å². The van der Waals surface area contributed by atoms with Gasteiger partial charge >= 0.3 is 0 Å². The molecular formula is C20H27ClN2O3. The molecule has 2 aromatic rings. The van der Waals surface area contributed by atoms with Crippen molar-refractivity contribution in [3.8, 4) is 0 Å². The minimum absolute atomic E-state index is 0. The molecule has 0 atom stereocenters. The summed E-state index contributed by atoms with van der Waals surface area (Å²) in [6, 6.07) is 14.9. The summed E-state index contributed by atoms with van der Waals surface area (Å²) in [5, 5.41) is 2.90. The number of carbonyl (C=O) groups is 1. The van der Waals surface area contributed by atoms with E-state index in [4.69, 9.17) is 15.2 Å². The van der Waals surface area contributed by atoms with Crippen LogP contribution in [0.3, 0.4) is 0 Å². The molecule has 0 fully saturated rings. The smallest absolute Gasteiger partial charge is 0.255 e. The van der Waals surface area contributed by atoms with E-state index in [-0.39, 0.29) is 24.4 Å². The van der Waals surface area contributed by atoms with Gasteiger partial charge in [-0.25, -0.2) is 0 Å². The average molecular weight is 379 g/mol. The van der Waals surface area contributed by atoms with Crippen LogP contribution in [-0.4, -0.2) is 25.2 Å². The topological polar surface area (TPSA) is 73.6 Å². The van der Waals surface area contributed by atoms with Crippen molar-refractivity contribution in [2.24, 2.45) is 5.73 Å². The molecule has 2 aromatic carbocycles. The zero-order chi connectivity index (χ0) is 18.1. The standard InChI is InChI=1S/C20H26N2O3.ClH/c1-15(2)25-11-10-24-14-17-4-3-5-19(12-17)22-20(23)18-8-6-16(13-21)7-9-18;/h3-9,12,15H,10-11,13-14,21H2,1-2H3,(H,22,23);1H. The summed E-state index contributed by atoms with van der Waals surface area (Å²) in [6.07, 6.45) is 0.209. The molecule has 5 nitrogen and oxygen atoms in total. The average Bonchev–Trinajstić information content (AvgIpc) is 2.61. The minimum Gasteiger partial charge on any atom is -0.376 e. The van der Waals surface area contributed by atoms with Crippen LogP contribution in [-0.2, 0) is 22.6 Å². The summed E-state index contributed by atoms with van der Waals surface area (Å²) in [6.45, 7) is 6.06. The van der Waals surface area contributed by atoms with E-state index >= 15 is 0 Å². The normalized spacial score (nSPS) is 10.5. The number of ether oxygens (including phenoxy) is 2. The van der Waals surface area contributed by atoms with Crippen LogP contribution in [0.15, 0.2) is 48.5 Å². The summed E-state index contributed by atoms with van der Waals surface area (Å²) in [5.41, 5.74) is 8.91. The first-order chi connectivity index (χ1) is 12.1. The fraction of sp³-hybridized carbons (Fsp3) is 0.350. The Hall–Kier alpha value is -1.92. The van der Waals surface area contributed by atoms with Gasteiger partial charge in [-0.05, 0) is 49.2 Å².